The Bertz CT molecular complexity index is 972. The zero-order valence-electron chi connectivity index (χ0n) is 17.8. The summed E-state index contributed by atoms with van der Waals surface area (Å²) in [4.78, 5) is 2.05. The van der Waals surface area contributed by atoms with E-state index in [1.54, 1.807) is 4.68 Å². The molecule has 3 N–H and O–H groups in total. The molecule has 1 saturated heterocycles. The Hall–Kier alpha value is -1.86. The number of rotatable bonds is 7. The highest BCUT2D eigenvalue weighted by atomic mass is 32.2. The van der Waals surface area contributed by atoms with Gasteiger partial charge in [0, 0.05) is 56.4 Å². The first kappa shape index (κ1) is 22.3. The van der Waals surface area contributed by atoms with Gasteiger partial charge in [0.15, 0.2) is 9.84 Å². The van der Waals surface area contributed by atoms with E-state index in [9.17, 15) is 18.6 Å². The van der Waals surface area contributed by atoms with Crippen molar-refractivity contribution in [2.75, 3.05) is 24.6 Å². The third-order valence-corrected chi connectivity index (χ3v) is 7.96. The molecule has 1 aliphatic carbocycles. The first-order chi connectivity index (χ1) is 14.7. The lowest BCUT2D eigenvalue weighted by Crippen LogP contribution is -2.39. The van der Waals surface area contributed by atoms with Crippen molar-refractivity contribution in [1.82, 2.24) is 30.4 Å². The van der Waals surface area contributed by atoms with Crippen LogP contribution in [0.25, 0.3) is 0 Å². The molecule has 0 unspecified atom stereocenters. The lowest BCUT2D eigenvalue weighted by Gasteiger charge is -2.25. The summed E-state index contributed by atoms with van der Waals surface area (Å²) in [6, 6.07) is -0.244. The summed E-state index contributed by atoms with van der Waals surface area (Å²) in [6.07, 6.45) is 0.698. The van der Waals surface area contributed by atoms with Gasteiger partial charge < -0.3 is 20.1 Å². The molecule has 0 amide bonds. The Morgan fingerprint density at radius 3 is 2.65 bits per heavy atom. The molecule has 4 atom stereocenters. The van der Waals surface area contributed by atoms with Crippen molar-refractivity contribution in [1.29, 1.82) is 0 Å². The minimum absolute atomic E-state index is 0.160. The van der Waals surface area contributed by atoms with Crippen LogP contribution in [0.4, 0.5) is 0 Å². The van der Waals surface area contributed by atoms with Crippen molar-refractivity contribution < 1.29 is 23.2 Å². The molecule has 0 aromatic carbocycles. The molecule has 31 heavy (non-hydrogen) atoms. The number of nitrogens with one attached hydrogen (secondary N) is 1. The standard InChI is InChI=1S/C19H30N6O5S/c1-12-16(13(2)30-22-12)8-20-17-7-14(18(26)19(17)27)9-25-11-15(21-23-25)10-24-3-5-31(28,29)6-4-24/h11,14,17-20,26-27H,3-10H2,1-2H3/t14-,17-,18-,19+/m1/s1. The SMILES string of the molecule is Cc1noc(C)c1CN[C@@H]1C[C@H](Cn2cc(CN3CCS(=O)(=O)CC3)nn2)[C@@H](O)[C@H]1O. The normalized spacial score (nSPS) is 28.9. The van der Waals surface area contributed by atoms with Gasteiger partial charge in [0.2, 0.25) is 0 Å². The predicted octanol–water partition coefficient (Wildman–Crippen LogP) is -0.987. The van der Waals surface area contributed by atoms with Crippen LogP contribution in [0.1, 0.15) is 29.1 Å². The molecule has 3 heterocycles. The number of aliphatic hydroxyl groups excluding tert-OH is 2. The summed E-state index contributed by atoms with van der Waals surface area (Å²) < 4.78 is 30.0. The maximum Gasteiger partial charge on any atom is 0.152 e. The van der Waals surface area contributed by atoms with Gasteiger partial charge in [0.1, 0.15) is 5.76 Å². The van der Waals surface area contributed by atoms with Crippen molar-refractivity contribution in [2.45, 2.75) is 58.2 Å². The second-order valence-electron chi connectivity index (χ2n) is 8.63. The molecule has 11 nitrogen and oxygen atoms in total. The largest absolute Gasteiger partial charge is 0.390 e. The quantitative estimate of drug-likeness (QED) is 0.477. The molecule has 0 radical (unpaired) electrons. The van der Waals surface area contributed by atoms with E-state index in [1.807, 2.05) is 20.0 Å². The molecule has 2 aromatic rings. The molecule has 1 aliphatic heterocycles. The van der Waals surface area contributed by atoms with Gasteiger partial charge in [-0.05, 0) is 20.3 Å². The predicted molar refractivity (Wildman–Crippen MR) is 111 cm³/mol. The molecular formula is C19H30N6O5S. The molecule has 2 fully saturated rings. The summed E-state index contributed by atoms with van der Waals surface area (Å²) >= 11 is 0. The fraction of sp³-hybridized carbons (Fsp3) is 0.737. The van der Waals surface area contributed by atoms with E-state index in [2.05, 4.69) is 25.7 Å². The molecule has 0 bridgehead atoms. The van der Waals surface area contributed by atoms with Gasteiger partial charge in [-0.15, -0.1) is 5.10 Å². The van der Waals surface area contributed by atoms with E-state index >= 15 is 0 Å². The van der Waals surface area contributed by atoms with Gasteiger partial charge in [0.05, 0.1) is 35.1 Å². The number of hydrogen-bond acceptors (Lipinski definition) is 10. The monoisotopic (exact) mass is 454 g/mol. The molecule has 2 aliphatic rings. The zero-order chi connectivity index (χ0) is 22.2. The van der Waals surface area contributed by atoms with E-state index < -0.39 is 22.0 Å². The van der Waals surface area contributed by atoms with Crippen molar-refractivity contribution in [2.24, 2.45) is 5.92 Å². The van der Waals surface area contributed by atoms with E-state index in [4.69, 9.17) is 4.52 Å². The average molecular weight is 455 g/mol. The fourth-order valence-electron chi connectivity index (χ4n) is 4.37. The summed E-state index contributed by atoms with van der Waals surface area (Å²) in [5.74, 6) is 0.938. The summed E-state index contributed by atoms with van der Waals surface area (Å²) in [6.45, 7) is 6.24. The second kappa shape index (κ2) is 8.94. The Kier molecular flexibility index (Phi) is 6.44. The van der Waals surface area contributed by atoms with Crippen LogP contribution in [0.5, 0.6) is 0 Å². The van der Waals surface area contributed by atoms with Crippen molar-refractivity contribution in [3.05, 3.63) is 28.9 Å². The Morgan fingerprint density at radius 1 is 1.23 bits per heavy atom. The molecule has 4 rings (SSSR count). The number of nitrogens with zero attached hydrogens (tertiary/aromatic N) is 5. The van der Waals surface area contributed by atoms with Gasteiger partial charge >= 0.3 is 0 Å². The van der Waals surface area contributed by atoms with Crippen LogP contribution in [0.15, 0.2) is 10.7 Å². The van der Waals surface area contributed by atoms with Crippen molar-refractivity contribution in [3.63, 3.8) is 0 Å². The minimum Gasteiger partial charge on any atom is -0.390 e. The molecule has 0 spiro atoms. The maximum absolute atomic E-state index is 11.6. The molecule has 1 saturated carbocycles. The smallest absolute Gasteiger partial charge is 0.152 e. The van der Waals surface area contributed by atoms with E-state index in [0.29, 0.717) is 39.1 Å². The zero-order valence-corrected chi connectivity index (χ0v) is 18.6. The fourth-order valence-corrected chi connectivity index (χ4v) is 5.65. The van der Waals surface area contributed by atoms with Crippen molar-refractivity contribution >= 4 is 9.84 Å². The van der Waals surface area contributed by atoms with Gasteiger partial charge in [-0.1, -0.05) is 10.4 Å². The highest BCUT2D eigenvalue weighted by Gasteiger charge is 2.41. The Balaban J connectivity index is 1.30. The third-order valence-electron chi connectivity index (χ3n) is 6.35. The average Bonchev–Trinajstić information content (AvgIpc) is 3.37. The first-order valence-corrected chi connectivity index (χ1v) is 12.4. The lowest BCUT2D eigenvalue weighted by molar-refractivity contribution is 0.00720. The lowest BCUT2D eigenvalue weighted by atomic mass is 10.1. The first-order valence-electron chi connectivity index (χ1n) is 10.5. The van der Waals surface area contributed by atoms with Crippen LogP contribution in [-0.2, 0) is 29.5 Å². The molecular weight excluding hydrogens is 424 g/mol. The molecule has 2 aromatic heterocycles. The van der Waals surface area contributed by atoms with Gasteiger partial charge in [-0.3, -0.25) is 9.58 Å². The Morgan fingerprint density at radius 2 is 1.97 bits per heavy atom. The summed E-state index contributed by atoms with van der Waals surface area (Å²) in [5, 5.41) is 36.6. The number of aromatic nitrogens is 4. The topological polar surface area (TPSA) is 147 Å². The van der Waals surface area contributed by atoms with Gasteiger partial charge in [0.25, 0.3) is 0 Å². The Labute approximate surface area is 181 Å². The minimum atomic E-state index is -2.91. The van der Waals surface area contributed by atoms with Gasteiger partial charge in [-0.25, -0.2) is 8.42 Å². The van der Waals surface area contributed by atoms with Crippen LogP contribution in [0, 0.1) is 19.8 Å². The van der Waals surface area contributed by atoms with E-state index in [-0.39, 0.29) is 23.5 Å². The maximum atomic E-state index is 11.6. The number of aliphatic hydroxyl groups is 2. The van der Waals surface area contributed by atoms with Crippen LogP contribution in [-0.4, -0.2) is 86.5 Å². The highest BCUT2D eigenvalue weighted by molar-refractivity contribution is 7.91. The number of aryl methyl sites for hydroxylation is 2. The van der Waals surface area contributed by atoms with E-state index in [1.165, 1.54) is 0 Å². The number of hydrogen-bond donors (Lipinski definition) is 3. The van der Waals surface area contributed by atoms with Crippen molar-refractivity contribution in [3.8, 4) is 0 Å². The third kappa shape index (κ3) is 5.14. The second-order valence-corrected chi connectivity index (χ2v) is 10.9. The molecule has 12 heteroatoms. The van der Waals surface area contributed by atoms with Crippen LogP contribution in [0.3, 0.4) is 0 Å². The van der Waals surface area contributed by atoms with Crippen LogP contribution in [0.2, 0.25) is 0 Å². The van der Waals surface area contributed by atoms with E-state index in [0.717, 1.165) is 22.7 Å². The summed E-state index contributed by atoms with van der Waals surface area (Å²) in [7, 11) is -2.91. The molecule has 172 valence electrons. The van der Waals surface area contributed by atoms with Crippen LogP contribution < -0.4 is 5.32 Å². The highest BCUT2D eigenvalue weighted by Crippen LogP contribution is 2.29. The van der Waals surface area contributed by atoms with Gasteiger partial charge in [-0.2, -0.15) is 0 Å². The number of sulfone groups is 1. The summed E-state index contributed by atoms with van der Waals surface area (Å²) in [5.41, 5.74) is 2.55. The van der Waals surface area contributed by atoms with Crippen LogP contribution >= 0.6 is 0 Å².